The number of carbonyl (C=O) groups is 1. The Morgan fingerprint density at radius 1 is 1.19 bits per heavy atom. The van der Waals surface area contributed by atoms with Gasteiger partial charge in [-0.25, -0.2) is 0 Å². The van der Waals surface area contributed by atoms with Crippen LogP contribution in [0.25, 0.3) is 0 Å². The lowest BCUT2D eigenvalue weighted by Gasteiger charge is -2.33. The molecule has 1 atom stereocenters. The second-order valence-electron chi connectivity index (χ2n) is 5.83. The smallest absolute Gasteiger partial charge is 0.266 e. The van der Waals surface area contributed by atoms with Crippen molar-refractivity contribution >= 4 is 11.6 Å². The lowest BCUT2D eigenvalue weighted by Crippen LogP contribution is -2.50. The van der Waals surface area contributed by atoms with Gasteiger partial charge in [0.05, 0.1) is 5.71 Å². The molecule has 1 amide bonds. The van der Waals surface area contributed by atoms with Gasteiger partial charge in [-0.2, -0.15) is 0 Å². The van der Waals surface area contributed by atoms with Crippen molar-refractivity contribution in [1.82, 2.24) is 9.80 Å². The van der Waals surface area contributed by atoms with Crippen molar-refractivity contribution < 1.29 is 9.63 Å². The first-order valence-corrected chi connectivity index (χ1v) is 7.40. The minimum atomic E-state index is -0.454. The molecule has 3 rings (SSSR count). The van der Waals surface area contributed by atoms with Crippen molar-refractivity contribution in [1.29, 1.82) is 0 Å². The number of aryl methyl sites for hydroxylation is 1. The molecule has 2 heterocycles. The first-order valence-electron chi connectivity index (χ1n) is 7.40. The van der Waals surface area contributed by atoms with Crippen LogP contribution in [0.3, 0.4) is 0 Å². The van der Waals surface area contributed by atoms with E-state index in [9.17, 15) is 4.79 Å². The maximum Gasteiger partial charge on any atom is 0.266 e. The van der Waals surface area contributed by atoms with Gasteiger partial charge in [0.15, 0.2) is 0 Å². The monoisotopic (exact) mass is 287 g/mol. The predicted octanol–water partition coefficient (Wildman–Crippen LogP) is 1.26. The lowest BCUT2D eigenvalue weighted by molar-refractivity contribution is -0.143. The van der Waals surface area contributed by atoms with Crippen molar-refractivity contribution in [3.63, 3.8) is 0 Å². The number of likely N-dealkylation sites (N-methyl/N-ethyl adjacent to an activating group) is 1. The zero-order valence-corrected chi connectivity index (χ0v) is 12.6. The third kappa shape index (κ3) is 3.08. The minimum Gasteiger partial charge on any atom is -0.382 e. The van der Waals surface area contributed by atoms with Gasteiger partial charge < -0.3 is 14.6 Å². The van der Waals surface area contributed by atoms with Gasteiger partial charge in [-0.15, -0.1) is 0 Å². The maximum atomic E-state index is 12.4. The largest absolute Gasteiger partial charge is 0.382 e. The summed E-state index contributed by atoms with van der Waals surface area (Å²) in [5.41, 5.74) is 3.11. The molecule has 5 heteroatoms. The number of rotatable bonds is 2. The summed E-state index contributed by atoms with van der Waals surface area (Å²) in [6.45, 7) is 5.44. The summed E-state index contributed by atoms with van der Waals surface area (Å²) < 4.78 is 0. The number of benzene rings is 1. The van der Waals surface area contributed by atoms with Crippen LogP contribution in [0.15, 0.2) is 29.4 Å². The van der Waals surface area contributed by atoms with Gasteiger partial charge in [-0.05, 0) is 19.5 Å². The van der Waals surface area contributed by atoms with E-state index in [1.54, 1.807) is 0 Å². The van der Waals surface area contributed by atoms with Gasteiger partial charge in [0.1, 0.15) is 0 Å². The molecule has 1 fully saturated rings. The van der Waals surface area contributed by atoms with Crippen LogP contribution in [-0.2, 0) is 9.63 Å². The third-order valence-electron chi connectivity index (χ3n) is 4.14. The average molecular weight is 287 g/mol. The van der Waals surface area contributed by atoms with Crippen molar-refractivity contribution in [2.45, 2.75) is 19.4 Å². The van der Waals surface area contributed by atoms with E-state index < -0.39 is 6.10 Å². The van der Waals surface area contributed by atoms with Crippen molar-refractivity contribution in [2.24, 2.45) is 5.16 Å². The molecule has 5 nitrogen and oxygen atoms in total. The maximum absolute atomic E-state index is 12.4. The molecule has 1 saturated heterocycles. The molecule has 0 bridgehead atoms. The first kappa shape index (κ1) is 14.1. The van der Waals surface area contributed by atoms with E-state index in [2.05, 4.69) is 24.0 Å². The summed E-state index contributed by atoms with van der Waals surface area (Å²) in [5, 5.41) is 4.11. The zero-order chi connectivity index (χ0) is 14.8. The molecule has 0 spiro atoms. The van der Waals surface area contributed by atoms with Gasteiger partial charge in [0.2, 0.25) is 6.10 Å². The zero-order valence-electron chi connectivity index (χ0n) is 12.6. The standard InChI is InChI=1S/C16H21N3O2/c1-12-3-5-13(6-4-12)14-11-15(21-17-14)16(20)19-9-7-18(2)8-10-19/h3-6,15H,7-11H2,1-2H3/t15-/m0/s1. The van der Waals surface area contributed by atoms with Crippen LogP contribution in [0.1, 0.15) is 17.5 Å². The summed E-state index contributed by atoms with van der Waals surface area (Å²) in [7, 11) is 2.08. The number of hydrogen-bond acceptors (Lipinski definition) is 4. The minimum absolute atomic E-state index is 0.0639. The summed E-state index contributed by atoms with van der Waals surface area (Å²) >= 11 is 0. The molecule has 2 aliphatic rings. The van der Waals surface area contributed by atoms with Crippen LogP contribution < -0.4 is 0 Å². The third-order valence-corrected chi connectivity index (χ3v) is 4.14. The van der Waals surface area contributed by atoms with Crippen molar-refractivity contribution in [3.8, 4) is 0 Å². The van der Waals surface area contributed by atoms with E-state index in [0.717, 1.165) is 37.5 Å². The van der Waals surface area contributed by atoms with Crippen molar-refractivity contribution in [2.75, 3.05) is 33.2 Å². The van der Waals surface area contributed by atoms with Crippen LogP contribution >= 0.6 is 0 Å². The Labute approximate surface area is 125 Å². The molecule has 1 aromatic carbocycles. The number of nitrogens with zero attached hydrogens (tertiary/aromatic N) is 3. The number of oxime groups is 1. The molecule has 1 aromatic rings. The van der Waals surface area contributed by atoms with E-state index in [4.69, 9.17) is 4.84 Å². The molecular formula is C16H21N3O2. The highest BCUT2D eigenvalue weighted by Crippen LogP contribution is 2.19. The molecule has 0 radical (unpaired) electrons. The molecule has 21 heavy (non-hydrogen) atoms. The quantitative estimate of drug-likeness (QED) is 0.822. The number of carbonyl (C=O) groups excluding carboxylic acids is 1. The van der Waals surface area contributed by atoms with Crippen molar-refractivity contribution in [3.05, 3.63) is 35.4 Å². The fraction of sp³-hybridized carbons (Fsp3) is 0.500. The van der Waals surface area contributed by atoms with Crippen LogP contribution in [0.5, 0.6) is 0 Å². The highest BCUT2D eigenvalue weighted by molar-refractivity contribution is 6.04. The number of amides is 1. The van der Waals surface area contributed by atoms with Crippen LogP contribution in [0.4, 0.5) is 0 Å². The Morgan fingerprint density at radius 2 is 1.86 bits per heavy atom. The van der Waals surface area contributed by atoms with E-state index in [1.165, 1.54) is 5.56 Å². The Morgan fingerprint density at radius 3 is 2.52 bits per heavy atom. The average Bonchev–Trinajstić information content (AvgIpc) is 2.98. The highest BCUT2D eigenvalue weighted by Gasteiger charge is 2.33. The van der Waals surface area contributed by atoms with E-state index in [-0.39, 0.29) is 5.91 Å². The second-order valence-corrected chi connectivity index (χ2v) is 5.83. The lowest BCUT2D eigenvalue weighted by atomic mass is 10.0. The Bertz CT molecular complexity index is 545. The molecule has 2 aliphatic heterocycles. The fourth-order valence-corrected chi connectivity index (χ4v) is 2.66. The van der Waals surface area contributed by atoms with E-state index >= 15 is 0 Å². The SMILES string of the molecule is Cc1ccc(C2=NO[C@H](C(=O)N3CCN(C)CC3)C2)cc1. The summed E-state index contributed by atoms with van der Waals surface area (Å²) in [5.74, 6) is 0.0639. The topological polar surface area (TPSA) is 45.1 Å². The summed E-state index contributed by atoms with van der Waals surface area (Å²) in [6, 6.07) is 8.15. The van der Waals surface area contributed by atoms with Crippen LogP contribution in [0.2, 0.25) is 0 Å². The summed E-state index contributed by atoms with van der Waals surface area (Å²) in [6.07, 6.45) is 0.110. The number of piperazine rings is 1. The number of hydrogen-bond donors (Lipinski definition) is 0. The molecule has 0 unspecified atom stereocenters. The van der Waals surface area contributed by atoms with Crippen LogP contribution in [0, 0.1) is 6.92 Å². The van der Waals surface area contributed by atoms with Gasteiger partial charge in [0, 0.05) is 32.6 Å². The summed E-state index contributed by atoms with van der Waals surface area (Å²) in [4.78, 5) is 21.9. The van der Waals surface area contributed by atoms with E-state index in [1.807, 2.05) is 29.2 Å². The van der Waals surface area contributed by atoms with Gasteiger partial charge >= 0.3 is 0 Å². The second kappa shape index (κ2) is 5.85. The van der Waals surface area contributed by atoms with Crippen LogP contribution in [-0.4, -0.2) is 60.7 Å². The molecular weight excluding hydrogens is 266 g/mol. The molecule has 112 valence electrons. The Balaban J connectivity index is 1.60. The normalized spacial score (nSPS) is 22.9. The van der Waals surface area contributed by atoms with Gasteiger partial charge in [-0.1, -0.05) is 35.0 Å². The molecule has 0 aliphatic carbocycles. The fourth-order valence-electron chi connectivity index (χ4n) is 2.66. The molecule has 0 N–H and O–H groups in total. The molecule has 0 saturated carbocycles. The van der Waals surface area contributed by atoms with Gasteiger partial charge in [0.25, 0.3) is 5.91 Å². The van der Waals surface area contributed by atoms with E-state index in [0.29, 0.717) is 6.42 Å². The Hall–Kier alpha value is -1.88. The predicted molar refractivity (Wildman–Crippen MR) is 81.3 cm³/mol. The highest BCUT2D eigenvalue weighted by atomic mass is 16.6. The van der Waals surface area contributed by atoms with Gasteiger partial charge in [-0.3, -0.25) is 4.79 Å². The Kier molecular flexibility index (Phi) is 3.92. The molecule has 0 aromatic heterocycles. The first-order chi connectivity index (χ1) is 10.1.